The molecule has 0 atom stereocenters. The van der Waals surface area contributed by atoms with Gasteiger partial charge in [-0.05, 0) is 29.8 Å². The quantitative estimate of drug-likeness (QED) is 0.285. The zero-order valence-electron chi connectivity index (χ0n) is 16.5. The maximum atomic E-state index is 13.6. The monoisotopic (exact) mass is 510 g/mol. The van der Waals surface area contributed by atoms with E-state index >= 15 is 0 Å². The number of alkyl halides is 11. The van der Waals surface area contributed by atoms with E-state index in [-0.39, 0.29) is 12.4 Å². The van der Waals surface area contributed by atoms with E-state index in [0.717, 1.165) is 29.8 Å². The van der Waals surface area contributed by atoms with Gasteiger partial charge in [-0.1, -0.05) is 30.3 Å². The Kier molecular flexibility index (Phi) is 7.43. The Morgan fingerprint density at radius 2 is 1.21 bits per heavy atom. The molecule has 0 radical (unpaired) electrons. The molecule has 188 valence electrons. The summed E-state index contributed by atoms with van der Waals surface area (Å²) >= 11 is 0. The van der Waals surface area contributed by atoms with E-state index in [1.807, 2.05) is 0 Å². The molecule has 0 aliphatic rings. The first-order valence-electron chi connectivity index (χ1n) is 8.96. The van der Waals surface area contributed by atoms with Crippen molar-refractivity contribution in [2.24, 2.45) is 0 Å². The Balaban J connectivity index is 2.06. The number of carbonyl (C=O) groups is 1. The highest BCUT2D eigenvalue weighted by Gasteiger charge is 2.87. The van der Waals surface area contributed by atoms with Gasteiger partial charge in [0, 0.05) is 0 Å². The van der Waals surface area contributed by atoms with Gasteiger partial charge < -0.3 is 9.47 Å². The fourth-order valence-electron chi connectivity index (χ4n) is 2.36. The van der Waals surface area contributed by atoms with Gasteiger partial charge in [-0.15, -0.1) is 0 Å². The third-order valence-electron chi connectivity index (χ3n) is 4.33. The van der Waals surface area contributed by atoms with E-state index in [9.17, 15) is 53.1 Å². The largest absolute Gasteiger partial charge is 0.489 e. The molecule has 14 heteroatoms. The molecule has 0 fully saturated rings. The fourth-order valence-corrected chi connectivity index (χ4v) is 2.36. The summed E-state index contributed by atoms with van der Waals surface area (Å²) in [4.78, 5) is 11.8. The van der Waals surface area contributed by atoms with Crippen LogP contribution >= 0.6 is 0 Å². The van der Waals surface area contributed by atoms with Crippen LogP contribution in [0.2, 0.25) is 0 Å². The molecule has 0 aliphatic carbocycles. The van der Waals surface area contributed by atoms with Crippen LogP contribution in [0.1, 0.15) is 15.9 Å². The van der Waals surface area contributed by atoms with E-state index < -0.39 is 48.0 Å². The first-order chi connectivity index (χ1) is 15.4. The lowest BCUT2D eigenvalue weighted by Gasteiger charge is -2.36. The van der Waals surface area contributed by atoms with Crippen LogP contribution in [0.4, 0.5) is 48.3 Å². The zero-order valence-corrected chi connectivity index (χ0v) is 16.5. The molecule has 0 saturated heterocycles. The van der Waals surface area contributed by atoms with Crippen LogP contribution in [-0.2, 0) is 11.3 Å². The average Bonchev–Trinajstić information content (AvgIpc) is 2.76. The number of benzene rings is 2. The number of carbonyl (C=O) groups excluding carboxylic acids is 1. The summed E-state index contributed by atoms with van der Waals surface area (Å²) in [7, 11) is 0. The molecular formula is C20H13F11O3. The molecule has 2 aromatic rings. The van der Waals surface area contributed by atoms with Crippen LogP contribution in [0.5, 0.6) is 5.75 Å². The molecule has 3 nitrogen and oxygen atoms in total. The van der Waals surface area contributed by atoms with Gasteiger partial charge in [0.05, 0.1) is 5.56 Å². The SMILES string of the molecule is O=C(OCC(F)(F)C(F)(F)C(F)(F)C(F)(F)C(F)(F)F)c1ccc(OCc2ccccc2)cc1. The summed E-state index contributed by atoms with van der Waals surface area (Å²) in [5.74, 6) is -30.2. The van der Waals surface area contributed by atoms with Gasteiger partial charge in [0.15, 0.2) is 6.61 Å². The molecule has 0 heterocycles. The van der Waals surface area contributed by atoms with Gasteiger partial charge in [-0.2, -0.15) is 48.3 Å². The van der Waals surface area contributed by atoms with Crippen molar-refractivity contribution < 1.29 is 62.6 Å². The van der Waals surface area contributed by atoms with E-state index in [0.29, 0.717) is 0 Å². The number of halogens is 11. The number of rotatable bonds is 9. The van der Waals surface area contributed by atoms with Gasteiger partial charge in [-0.3, -0.25) is 0 Å². The Labute approximate surface area is 184 Å². The second-order valence-corrected chi connectivity index (χ2v) is 6.80. The lowest BCUT2D eigenvalue weighted by Crippen LogP contribution is -2.67. The standard InChI is InChI=1S/C20H13F11O3/c21-16(22,17(23,24)18(25,26)19(27,28)20(29,30)31)11-34-15(32)13-6-8-14(9-7-13)33-10-12-4-2-1-3-5-12/h1-9H,10-11H2. The summed E-state index contributed by atoms with van der Waals surface area (Å²) in [6.07, 6.45) is -7.27. The number of hydrogen-bond acceptors (Lipinski definition) is 3. The van der Waals surface area contributed by atoms with Crippen LogP contribution in [0.3, 0.4) is 0 Å². The maximum absolute atomic E-state index is 13.6. The van der Waals surface area contributed by atoms with Crippen LogP contribution in [0.25, 0.3) is 0 Å². The van der Waals surface area contributed by atoms with Crippen molar-refractivity contribution in [3.8, 4) is 5.75 Å². The molecule has 0 bridgehead atoms. The third-order valence-corrected chi connectivity index (χ3v) is 4.33. The van der Waals surface area contributed by atoms with Crippen LogP contribution in [-0.4, -0.2) is 42.4 Å². The number of hydrogen-bond donors (Lipinski definition) is 0. The van der Waals surface area contributed by atoms with Crippen molar-refractivity contribution in [1.82, 2.24) is 0 Å². The molecule has 0 N–H and O–H groups in total. The highest BCUT2D eigenvalue weighted by atomic mass is 19.4. The molecule has 0 unspecified atom stereocenters. The molecule has 2 aromatic carbocycles. The number of ether oxygens (including phenoxy) is 2. The summed E-state index contributed by atoms with van der Waals surface area (Å²) < 4.78 is 151. The van der Waals surface area contributed by atoms with E-state index in [2.05, 4.69) is 4.74 Å². The Bertz CT molecular complexity index is 972. The van der Waals surface area contributed by atoms with Crippen LogP contribution < -0.4 is 4.74 Å². The maximum Gasteiger partial charge on any atom is 0.460 e. The molecule has 2 rings (SSSR count). The molecule has 0 spiro atoms. The molecule has 0 aromatic heterocycles. The first kappa shape index (κ1) is 27.2. The van der Waals surface area contributed by atoms with Gasteiger partial charge >= 0.3 is 35.8 Å². The second kappa shape index (κ2) is 9.29. The highest BCUT2D eigenvalue weighted by molar-refractivity contribution is 5.89. The minimum atomic E-state index is -7.56. The number of esters is 1. The Hall–Kier alpha value is -3.06. The Morgan fingerprint density at radius 3 is 1.71 bits per heavy atom. The Morgan fingerprint density at radius 1 is 0.676 bits per heavy atom. The van der Waals surface area contributed by atoms with Crippen molar-refractivity contribution in [2.45, 2.75) is 36.5 Å². The predicted octanol–water partition coefficient (Wildman–Crippen LogP) is 6.53. The molecule has 0 saturated carbocycles. The van der Waals surface area contributed by atoms with E-state index in [1.54, 1.807) is 30.3 Å². The average molecular weight is 510 g/mol. The summed E-state index contributed by atoms with van der Waals surface area (Å²) in [5, 5.41) is 0. The van der Waals surface area contributed by atoms with Crippen LogP contribution in [0, 0.1) is 0 Å². The molecule has 0 amide bonds. The van der Waals surface area contributed by atoms with Crippen molar-refractivity contribution in [1.29, 1.82) is 0 Å². The molecule has 34 heavy (non-hydrogen) atoms. The smallest absolute Gasteiger partial charge is 0.460 e. The van der Waals surface area contributed by atoms with Gasteiger partial charge in [0.2, 0.25) is 0 Å². The van der Waals surface area contributed by atoms with Gasteiger partial charge in [0.1, 0.15) is 12.4 Å². The van der Waals surface area contributed by atoms with Crippen molar-refractivity contribution in [3.05, 3.63) is 65.7 Å². The van der Waals surface area contributed by atoms with Gasteiger partial charge in [0.25, 0.3) is 0 Å². The molecular weight excluding hydrogens is 497 g/mol. The summed E-state index contributed by atoms with van der Waals surface area (Å²) in [6.45, 7) is -2.81. The van der Waals surface area contributed by atoms with Crippen molar-refractivity contribution in [3.63, 3.8) is 0 Å². The predicted molar refractivity (Wildman–Crippen MR) is 93.3 cm³/mol. The lowest BCUT2D eigenvalue weighted by atomic mass is 9.98. The summed E-state index contributed by atoms with van der Waals surface area (Å²) in [6, 6.07) is 12.8. The van der Waals surface area contributed by atoms with Crippen molar-refractivity contribution >= 4 is 5.97 Å². The van der Waals surface area contributed by atoms with Crippen LogP contribution in [0.15, 0.2) is 54.6 Å². The zero-order chi connectivity index (χ0) is 26.0. The van der Waals surface area contributed by atoms with Gasteiger partial charge in [-0.25, -0.2) is 4.79 Å². The minimum absolute atomic E-state index is 0.0999. The minimum Gasteiger partial charge on any atom is -0.489 e. The normalized spacial score (nSPS) is 13.5. The third kappa shape index (κ3) is 5.20. The highest BCUT2D eigenvalue weighted by Crippen LogP contribution is 2.57. The first-order valence-corrected chi connectivity index (χ1v) is 8.96. The lowest BCUT2D eigenvalue weighted by molar-refractivity contribution is -0.423. The summed E-state index contributed by atoms with van der Waals surface area (Å²) in [5.41, 5.74) is 0.209. The second-order valence-electron chi connectivity index (χ2n) is 6.80. The van der Waals surface area contributed by atoms with E-state index in [1.165, 1.54) is 0 Å². The fraction of sp³-hybridized carbons (Fsp3) is 0.350. The topological polar surface area (TPSA) is 35.5 Å². The van der Waals surface area contributed by atoms with E-state index in [4.69, 9.17) is 4.74 Å². The van der Waals surface area contributed by atoms with Crippen molar-refractivity contribution in [2.75, 3.05) is 6.61 Å². The molecule has 0 aliphatic heterocycles.